The zero-order valence-corrected chi connectivity index (χ0v) is 17.4. The van der Waals surface area contributed by atoms with Crippen LogP contribution in [0.5, 0.6) is 0 Å². The van der Waals surface area contributed by atoms with Gasteiger partial charge in [0.15, 0.2) is 0 Å². The molecule has 0 aliphatic rings. The molecule has 0 fully saturated rings. The van der Waals surface area contributed by atoms with E-state index < -0.39 is 0 Å². The highest BCUT2D eigenvalue weighted by molar-refractivity contribution is 5.18. The van der Waals surface area contributed by atoms with Crippen molar-refractivity contribution in [1.82, 2.24) is 4.98 Å². The minimum absolute atomic E-state index is 0.669. The van der Waals surface area contributed by atoms with E-state index in [2.05, 4.69) is 54.4 Å². The summed E-state index contributed by atoms with van der Waals surface area (Å²) < 4.78 is 0. The van der Waals surface area contributed by atoms with Gasteiger partial charge in [-0.15, -0.1) is 0 Å². The van der Waals surface area contributed by atoms with Crippen molar-refractivity contribution >= 4 is 0 Å². The topological polar surface area (TPSA) is 12.9 Å². The van der Waals surface area contributed by atoms with Crippen LogP contribution in [0.1, 0.15) is 101 Å². The van der Waals surface area contributed by atoms with Crippen LogP contribution >= 0.6 is 0 Å². The van der Waals surface area contributed by atoms with Crippen molar-refractivity contribution in [2.45, 2.75) is 96.3 Å². The molecule has 2 rings (SSSR count). The fraction of sp³-hybridized carbons (Fsp3) is 0.577. The van der Waals surface area contributed by atoms with Crippen LogP contribution in [0.15, 0.2) is 54.9 Å². The first kappa shape index (κ1) is 21.7. The minimum atomic E-state index is 0.669. The molecule has 0 saturated heterocycles. The monoisotopic (exact) mass is 365 g/mol. The summed E-state index contributed by atoms with van der Waals surface area (Å²) >= 11 is 0. The average molecular weight is 366 g/mol. The van der Waals surface area contributed by atoms with E-state index in [0.29, 0.717) is 5.92 Å². The lowest BCUT2D eigenvalue weighted by Gasteiger charge is -2.17. The second-order valence-corrected chi connectivity index (χ2v) is 7.97. The molecule has 148 valence electrons. The van der Waals surface area contributed by atoms with Crippen molar-refractivity contribution in [3.05, 3.63) is 66.0 Å². The second-order valence-electron chi connectivity index (χ2n) is 7.97. The fourth-order valence-corrected chi connectivity index (χ4v) is 3.98. The quantitative estimate of drug-likeness (QED) is 0.290. The molecule has 1 unspecified atom stereocenters. The summed E-state index contributed by atoms with van der Waals surface area (Å²) in [4.78, 5) is 4.20. The SMILES string of the molecule is CCCCCCCCCCCCC(CCc1ccccc1)c1ccncc1. The third-order valence-electron chi connectivity index (χ3n) is 5.71. The van der Waals surface area contributed by atoms with E-state index >= 15 is 0 Å². The van der Waals surface area contributed by atoms with Crippen LogP contribution in [0, 0.1) is 0 Å². The molecule has 27 heavy (non-hydrogen) atoms. The van der Waals surface area contributed by atoms with Crippen molar-refractivity contribution < 1.29 is 0 Å². The Morgan fingerprint density at radius 3 is 1.89 bits per heavy atom. The third kappa shape index (κ3) is 9.75. The van der Waals surface area contributed by atoms with Gasteiger partial charge in [-0.2, -0.15) is 0 Å². The molecule has 0 N–H and O–H groups in total. The zero-order valence-electron chi connectivity index (χ0n) is 17.4. The molecule has 1 atom stereocenters. The van der Waals surface area contributed by atoms with E-state index in [1.807, 2.05) is 12.4 Å². The standard InChI is InChI=1S/C26H39N/c1-2-3-4-5-6-7-8-9-10-14-17-25(26-20-22-27-23-21-26)19-18-24-15-12-11-13-16-24/h11-13,15-16,20-23,25H,2-10,14,17-19H2,1H3. The highest BCUT2D eigenvalue weighted by Gasteiger charge is 2.11. The Labute approximate surface area is 167 Å². The van der Waals surface area contributed by atoms with E-state index in [-0.39, 0.29) is 0 Å². The number of hydrogen-bond donors (Lipinski definition) is 0. The molecule has 2 aromatic rings. The van der Waals surface area contributed by atoms with Crippen LogP contribution in [-0.2, 0) is 6.42 Å². The Hall–Kier alpha value is -1.63. The fourth-order valence-electron chi connectivity index (χ4n) is 3.98. The Bertz CT molecular complexity index is 563. The van der Waals surface area contributed by atoms with Crippen molar-refractivity contribution in [1.29, 1.82) is 0 Å². The Morgan fingerprint density at radius 2 is 1.26 bits per heavy atom. The molecule has 1 nitrogen and oxygen atoms in total. The molecule has 1 aromatic carbocycles. The van der Waals surface area contributed by atoms with Crippen molar-refractivity contribution in [3.63, 3.8) is 0 Å². The van der Waals surface area contributed by atoms with Gasteiger partial charge in [0.25, 0.3) is 0 Å². The Kier molecular flexibility index (Phi) is 11.6. The van der Waals surface area contributed by atoms with Gasteiger partial charge in [0.2, 0.25) is 0 Å². The van der Waals surface area contributed by atoms with E-state index in [4.69, 9.17) is 0 Å². The van der Waals surface area contributed by atoms with Crippen molar-refractivity contribution in [2.24, 2.45) is 0 Å². The maximum atomic E-state index is 4.20. The number of hydrogen-bond acceptors (Lipinski definition) is 1. The minimum Gasteiger partial charge on any atom is -0.265 e. The van der Waals surface area contributed by atoms with Gasteiger partial charge in [0, 0.05) is 12.4 Å². The molecule has 1 aromatic heterocycles. The van der Waals surface area contributed by atoms with Crippen molar-refractivity contribution in [2.75, 3.05) is 0 Å². The van der Waals surface area contributed by atoms with Gasteiger partial charge < -0.3 is 0 Å². The number of rotatable bonds is 15. The summed E-state index contributed by atoms with van der Waals surface area (Å²) in [5, 5.41) is 0. The number of aryl methyl sites for hydroxylation is 1. The average Bonchev–Trinajstić information content (AvgIpc) is 2.73. The largest absolute Gasteiger partial charge is 0.265 e. The number of unbranched alkanes of at least 4 members (excludes halogenated alkanes) is 9. The number of aromatic nitrogens is 1. The molecule has 1 heterocycles. The van der Waals surface area contributed by atoms with Gasteiger partial charge in [0.05, 0.1) is 0 Å². The Morgan fingerprint density at radius 1 is 0.667 bits per heavy atom. The van der Waals surface area contributed by atoms with Crippen LogP contribution < -0.4 is 0 Å². The van der Waals surface area contributed by atoms with Crippen LogP contribution in [0.4, 0.5) is 0 Å². The lowest BCUT2D eigenvalue weighted by molar-refractivity contribution is 0.508. The van der Waals surface area contributed by atoms with E-state index in [0.717, 1.165) is 0 Å². The van der Waals surface area contributed by atoms with Crippen LogP contribution in [-0.4, -0.2) is 4.98 Å². The van der Waals surface area contributed by atoms with Gasteiger partial charge in [-0.3, -0.25) is 4.98 Å². The molecule has 0 amide bonds. The van der Waals surface area contributed by atoms with Crippen LogP contribution in [0.2, 0.25) is 0 Å². The molecule has 0 aliphatic heterocycles. The molecule has 0 bridgehead atoms. The smallest absolute Gasteiger partial charge is 0.0270 e. The summed E-state index contributed by atoms with van der Waals surface area (Å²) in [6, 6.07) is 15.3. The van der Waals surface area contributed by atoms with Crippen molar-refractivity contribution in [3.8, 4) is 0 Å². The van der Waals surface area contributed by atoms with Gasteiger partial charge in [-0.25, -0.2) is 0 Å². The van der Waals surface area contributed by atoms with E-state index in [1.165, 1.54) is 94.6 Å². The summed E-state index contributed by atoms with van der Waals surface area (Å²) in [6.07, 6.45) is 21.7. The normalized spacial score (nSPS) is 12.2. The first-order chi connectivity index (χ1) is 13.4. The molecule has 0 aliphatic carbocycles. The first-order valence-electron chi connectivity index (χ1n) is 11.3. The summed E-state index contributed by atoms with van der Waals surface area (Å²) in [5.74, 6) is 0.669. The maximum Gasteiger partial charge on any atom is 0.0270 e. The molecule has 0 spiro atoms. The second kappa shape index (κ2) is 14.4. The van der Waals surface area contributed by atoms with Gasteiger partial charge >= 0.3 is 0 Å². The van der Waals surface area contributed by atoms with Gasteiger partial charge in [0.1, 0.15) is 0 Å². The summed E-state index contributed by atoms with van der Waals surface area (Å²) in [5.41, 5.74) is 2.93. The molecule has 0 radical (unpaired) electrons. The number of nitrogens with zero attached hydrogens (tertiary/aromatic N) is 1. The maximum absolute atomic E-state index is 4.20. The molecule has 1 heteroatoms. The summed E-state index contributed by atoms with van der Waals surface area (Å²) in [6.45, 7) is 2.29. The van der Waals surface area contributed by atoms with Crippen LogP contribution in [0.25, 0.3) is 0 Å². The lowest BCUT2D eigenvalue weighted by Crippen LogP contribution is -2.02. The predicted octanol–water partition coefficient (Wildman–Crippen LogP) is 8.11. The lowest BCUT2D eigenvalue weighted by atomic mass is 9.88. The molecule has 0 saturated carbocycles. The number of pyridine rings is 1. The zero-order chi connectivity index (χ0) is 19.0. The predicted molar refractivity (Wildman–Crippen MR) is 118 cm³/mol. The third-order valence-corrected chi connectivity index (χ3v) is 5.71. The van der Waals surface area contributed by atoms with Crippen LogP contribution in [0.3, 0.4) is 0 Å². The molecular weight excluding hydrogens is 326 g/mol. The molecular formula is C26H39N. The van der Waals surface area contributed by atoms with E-state index in [1.54, 1.807) is 0 Å². The Balaban J connectivity index is 1.65. The number of benzene rings is 1. The highest BCUT2D eigenvalue weighted by atomic mass is 14.6. The van der Waals surface area contributed by atoms with Gasteiger partial charge in [-0.05, 0) is 48.4 Å². The van der Waals surface area contributed by atoms with E-state index in [9.17, 15) is 0 Å². The summed E-state index contributed by atoms with van der Waals surface area (Å²) in [7, 11) is 0. The first-order valence-corrected chi connectivity index (χ1v) is 11.3. The highest BCUT2D eigenvalue weighted by Crippen LogP contribution is 2.27. The van der Waals surface area contributed by atoms with Gasteiger partial charge in [-0.1, -0.05) is 101 Å².